The molecule has 2 aliphatic heterocycles. The third-order valence-corrected chi connectivity index (χ3v) is 8.53. The predicted molar refractivity (Wildman–Crippen MR) is 157 cm³/mol. The van der Waals surface area contributed by atoms with Gasteiger partial charge in [-0.05, 0) is 55.1 Å². The van der Waals surface area contributed by atoms with Crippen molar-refractivity contribution >= 4 is 51.5 Å². The van der Waals surface area contributed by atoms with Gasteiger partial charge in [-0.1, -0.05) is 26.8 Å². The Labute approximate surface area is 239 Å². The number of hydrogen-bond acceptors (Lipinski definition) is 8. The number of urea groups is 1. The normalized spacial score (nSPS) is 17.2. The van der Waals surface area contributed by atoms with E-state index in [4.69, 9.17) is 0 Å². The number of likely N-dealkylation sites (N-methyl/N-ethyl adjacent to an activating group) is 2. The number of imide groups is 1. The summed E-state index contributed by atoms with van der Waals surface area (Å²) in [5.41, 5.74) is 1.61. The van der Waals surface area contributed by atoms with Crippen molar-refractivity contribution in [2.45, 2.75) is 52.5 Å². The smallest absolute Gasteiger partial charge is 0.331 e. The van der Waals surface area contributed by atoms with Crippen LogP contribution in [0.1, 0.15) is 55.4 Å². The van der Waals surface area contributed by atoms with E-state index < -0.39 is 5.54 Å². The van der Waals surface area contributed by atoms with E-state index >= 15 is 0 Å². The van der Waals surface area contributed by atoms with Crippen molar-refractivity contribution in [2.24, 2.45) is 5.18 Å². The Morgan fingerprint density at radius 3 is 2.23 bits per heavy atom. The number of nitrogens with one attached hydrogen (secondary N) is 1. The van der Waals surface area contributed by atoms with Gasteiger partial charge in [-0.25, -0.2) is 9.69 Å². The molecule has 2 fully saturated rings. The molecule has 4 rings (SSSR count). The quantitative estimate of drug-likeness (QED) is 0.424. The number of benzene rings is 1. The Morgan fingerprint density at radius 1 is 1.05 bits per heavy atom. The molecule has 3 heterocycles. The second-order valence-electron chi connectivity index (χ2n) is 11.5. The molecule has 2 aromatic rings. The topological polar surface area (TPSA) is 123 Å². The average Bonchev–Trinajstić information content (AvgIpc) is 3.44. The molecule has 40 heavy (non-hydrogen) atoms. The number of anilines is 2. The zero-order valence-corrected chi connectivity index (χ0v) is 25.4. The molecule has 12 heteroatoms. The molecule has 2 saturated heterocycles. The summed E-state index contributed by atoms with van der Waals surface area (Å²) in [5.74, 6) is -0.601. The van der Waals surface area contributed by atoms with Crippen LogP contribution in [0, 0.1) is 11.8 Å². The summed E-state index contributed by atoms with van der Waals surface area (Å²) in [6, 6.07) is 7.08. The van der Waals surface area contributed by atoms with E-state index in [9.17, 15) is 24.1 Å². The first-order valence-electron chi connectivity index (χ1n) is 13.0. The molecule has 2 aliphatic rings. The summed E-state index contributed by atoms with van der Waals surface area (Å²) in [6.07, 6.45) is 0. The number of carbonyl (C=O) groups is 4. The molecule has 1 aromatic heterocycles. The van der Waals surface area contributed by atoms with Crippen molar-refractivity contribution in [1.29, 1.82) is 0 Å². The van der Waals surface area contributed by atoms with Crippen molar-refractivity contribution in [3.63, 3.8) is 0 Å². The molecule has 0 aliphatic carbocycles. The van der Waals surface area contributed by atoms with Crippen LogP contribution in [-0.2, 0) is 15.0 Å². The maximum absolute atomic E-state index is 13.0. The third kappa shape index (κ3) is 5.86. The molecule has 0 spiro atoms. The Balaban J connectivity index is 0.000000230. The lowest BCUT2D eigenvalue weighted by atomic mass is 9.93. The second-order valence-corrected chi connectivity index (χ2v) is 12.6. The summed E-state index contributed by atoms with van der Waals surface area (Å²) in [4.78, 5) is 66.9. The average molecular weight is 571 g/mol. The highest BCUT2D eigenvalue weighted by atomic mass is 32.1. The first-order chi connectivity index (χ1) is 18.5. The van der Waals surface area contributed by atoms with Gasteiger partial charge in [-0.3, -0.25) is 14.4 Å². The van der Waals surface area contributed by atoms with E-state index in [2.05, 4.69) is 10.5 Å². The molecule has 0 radical (unpaired) electrons. The maximum atomic E-state index is 13.0. The molecule has 0 atom stereocenters. The van der Waals surface area contributed by atoms with Gasteiger partial charge in [0.05, 0.1) is 11.3 Å². The number of thiophene rings is 1. The van der Waals surface area contributed by atoms with E-state index in [-0.39, 0.29) is 40.7 Å². The molecule has 0 bridgehead atoms. The van der Waals surface area contributed by atoms with Gasteiger partial charge in [0.2, 0.25) is 5.91 Å². The van der Waals surface area contributed by atoms with Crippen LogP contribution in [0.2, 0.25) is 0 Å². The van der Waals surface area contributed by atoms with Crippen molar-refractivity contribution < 1.29 is 19.2 Å². The van der Waals surface area contributed by atoms with Crippen LogP contribution in [0.25, 0.3) is 0 Å². The maximum Gasteiger partial charge on any atom is 0.331 e. The molecule has 11 nitrogen and oxygen atoms in total. The zero-order chi connectivity index (χ0) is 30.2. The highest BCUT2D eigenvalue weighted by Gasteiger charge is 2.44. The van der Waals surface area contributed by atoms with Crippen LogP contribution < -0.4 is 10.2 Å². The number of hydrogen-bond donors (Lipinski definition) is 1. The minimum atomic E-state index is -0.936. The van der Waals surface area contributed by atoms with Crippen LogP contribution >= 0.6 is 11.3 Å². The lowest BCUT2D eigenvalue weighted by Gasteiger charge is -2.44. The zero-order valence-electron chi connectivity index (χ0n) is 24.6. The van der Waals surface area contributed by atoms with Gasteiger partial charge >= 0.3 is 6.03 Å². The molecule has 216 valence electrons. The van der Waals surface area contributed by atoms with Gasteiger partial charge in [0.1, 0.15) is 12.1 Å². The molecular weight excluding hydrogens is 532 g/mol. The standard InChI is InChI=1S/C16H23N3O3S.C12H15N3O2/c1-15(2,3)11-9-10(12(17-22)23-11)13(20)19-8-7-18(6)14(21)16(19,4)5;1-8-4-5-9(13-2)6-10(8)15-11(16)7-14(3)12(15)17/h9H,7-8H2,1-6H3;4-6,13H,7H2,1-3H3. The SMILES string of the molecule is CN1CCN(C(=O)c2cc(C(C)(C)C)sc2N=O)C(C)(C)C1=O.CNc1ccc(C)c(N2C(=O)CN(C)C2=O)c1. The van der Waals surface area contributed by atoms with Crippen molar-refractivity contribution in [2.75, 3.05) is 51.0 Å². The van der Waals surface area contributed by atoms with E-state index in [0.717, 1.165) is 16.1 Å². The van der Waals surface area contributed by atoms with Gasteiger partial charge in [0.25, 0.3) is 11.8 Å². The van der Waals surface area contributed by atoms with Gasteiger partial charge in [0, 0.05) is 44.8 Å². The molecule has 0 unspecified atom stereocenters. The van der Waals surface area contributed by atoms with Gasteiger partial charge in [0.15, 0.2) is 5.00 Å². The number of aryl methyl sites for hydroxylation is 1. The molecular formula is C28H38N6O5S. The van der Waals surface area contributed by atoms with Crippen LogP contribution in [0.15, 0.2) is 29.4 Å². The molecule has 0 saturated carbocycles. The number of carbonyl (C=O) groups excluding carboxylic acids is 4. The minimum absolute atomic E-state index is 0.107. The number of rotatable bonds is 4. The van der Waals surface area contributed by atoms with Gasteiger partial charge in [-0.2, -0.15) is 0 Å². The monoisotopic (exact) mass is 570 g/mol. The lowest BCUT2D eigenvalue weighted by Crippen LogP contribution is -2.63. The fourth-order valence-corrected chi connectivity index (χ4v) is 5.53. The number of piperazine rings is 1. The largest absolute Gasteiger partial charge is 0.388 e. The van der Waals surface area contributed by atoms with E-state index in [1.165, 1.54) is 21.1 Å². The molecule has 1 N–H and O–H groups in total. The van der Waals surface area contributed by atoms with Crippen LogP contribution in [-0.4, -0.2) is 84.8 Å². The Bertz CT molecular complexity index is 1350. The molecule has 1 aromatic carbocycles. The Kier molecular flexibility index (Phi) is 8.73. The van der Waals surface area contributed by atoms with E-state index in [1.54, 1.807) is 50.9 Å². The van der Waals surface area contributed by atoms with Crippen molar-refractivity contribution in [3.8, 4) is 0 Å². The lowest BCUT2D eigenvalue weighted by molar-refractivity contribution is -0.144. The van der Waals surface area contributed by atoms with Gasteiger partial charge < -0.3 is 20.0 Å². The van der Waals surface area contributed by atoms with Crippen molar-refractivity contribution in [3.05, 3.63) is 45.2 Å². The minimum Gasteiger partial charge on any atom is -0.388 e. The second kappa shape index (κ2) is 11.4. The van der Waals surface area contributed by atoms with Crippen LogP contribution in [0.3, 0.4) is 0 Å². The summed E-state index contributed by atoms with van der Waals surface area (Å²) in [5, 5.41) is 6.21. The highest BCUT2D eigenvalue weighted by molar-refractivity contribution is 7.16. The third-order valence-electron chi connectivity index (χ3n) is 7.09. The summed E-state index contributed by atoms with van der Waals surface area (Å²) in [7, 11) is 5.15. The predicted octanol–water partition coefficient (Wildman–Crippen LogP) is 4.57. The van der Waals surface area contributed by atoms with E-state index in [1.807, 2.05) is 45.9 Å². The highest BCUT2D eigenvalue weighted by Crippen LogP contribution is 2.39. The summed E-state index contributed by atoms with van der Waals surface area (Å²) in [6.45, 7) is 12.5. The number of nitroso groups, excluding NO2 is 1. The first-order valence-corrected chi connectivity index (χ1v) is 13.8. The van der Waals surface area contributed by atoms with Crippen molar-refractivity contribution in [1.82, 2.24) is 14.7 Å². The Morgan fingerprint density at radius 2 is 1.70 bits per heavy atom. The Hall–Kier alpha value is -3.80. The fourth-order valence-electron chi connectivity index (χ4n) is 4.55. The fraction of sp³-hybridized carbons (Fsp3) is 0.500. The summed E-state index contributed by atoms with van der Waals surface area (Å²) < 4.78 is 0. The van der Waals surface area contributed by atoms with Gasteiger partial charge in [-0.15, -0.1) is 16.2 Å². The number of nitrogens with zero attached hydrogens (tertiary/aromatic N) is 5. The summed E-state index contributed by atoms with van der Waals surface area (Å²) >= 11 is 1.24. The molecule has 5 amide bonds. The van der Waals surface area contributed by atoms with Crippen LogP contribution in [0.5, 0.6) is 0 Å². The van der Waals surface area contributed by atoms with Crippen LogP contribution in [0.4, 0.5) is 21.2 Å². The van der Waals surface area contributed by atoms with E-state index in [0.29, 0.717) is 24.3 Å². The first kappa shape index (κ1) is 30.7. The number of amides is 5.